The zero-order chi connectivity index (χ0) is 25.5. The van der Waals surface area contributed by atoms with Gasteiger partial charge in [0.25, 0.3) is 0 Å². The second-order valence-electron chi connectivity index (χ2n) is 9.73. The smallest absolute Gasteiger partial charge is 0.240 e. The van der Waals surface area contributed by atoms with Gasteiger partial charge in [-0.05, 0) is 54.7 Å². The number of anilines is 1. The largest absolute Gasteiger partial charge is 0.339 e. The highest BCUT2D eigenvalue weighted by molar-refractivity contribution is 7.89. The van der Waals surface area contributed by atoms with Crippen LogP contribution in [-0.2, 0) is 27.7 Å². The molecule has 1 aliphatic rings. The fraction of sp³-hybridized carbons (Fsp3) is 0.444. The highest BCUT2D eigenvalue weighted by atomic mass is 32.2. The molecule has 1 saturated carbocycles. The van der Waals surface area contributed by atoms with Gasteiger partial charge in [0.2, 0.25) is 21.8 Å². The summed E-state index contributed by atoms with van der Waals surface area (Å²) in [5.74, 6) is 1.36. The highest BCUT2D eigenvalue weighted by Gasteiger charge is 2.21. The van der Waals surface area contributed by atoms with Crippen LogP contribution in [0.1, 0.15) is 81.1 Å². The van der Waals surface area contributed by atoms with Crippen LogP contribution in [0.4, 0.5) is 5.69 Å². The minimum absolute atomic E-state index is 0.0258. The van der Waals surface area contributed by atoms with Crippen molar-refractivity contribution in [2.75, 3.05) is 5.32 Å². The van der Waals surface area contributed by atoms with Crippen LogP contribution >= 0.6 is 0 Å². The van der Waals surface area contributed by atoms with Crippen LogP contribution in [0.2, 0.25) is 0 Å². The molecular weight excluding hydrogens is 476 g/mol. The van der Waals surface area contributed by atoms with Gasteiger partial charge >= 0.3 is 0 Å². The number of carbonyl (C=O) groups is 1. The molecule has 0 spiro atoms. The number of hydrogen-bond acceptors (Lipinski definition) is 6. The zero-order valence-electron chi connectivity index (χ0n) is 20.9. The van der Waals surface area contributed by atoms with Gasteiger partial charge in [-0.2, -0.15) is 4.98 Å². The molecule has 3 aromatic rings. The molecule has 0 atom stereocenters. The number of aromatic nitrogens is 2. The topological polar surface area (TPSA) is 114 Å². The SMILES string of the molecule is CC(C)c1nc(Cc2ccc(NC(=O)CCc3ccc(S(=O)(=O)NC4CCCCC4)cc3)cc2)no1. The summed E-state index contributed by atoms with van der Waals surface area (Å²) in [4.78, 5) is 17.1. The van der Waals surface area contributed by atoms with Crippen molar-refractivity contribution in [1.82, 2.24) is 14.9 Å². The quantitative estimate of drug-likeness (QED) is 0.398. The van der Waals surface area contributed by atoms with Crippen LogP contribution in [0, 0.1) is 0 Å². The first-order chi connectivity index (χ1) is 17.3. The molecule has 0 unspecified atom stereocenters. The molecule has 1 aromatic heterocycles. The Morgan fingerprint density at radius 3 is 2.31 bits per heavy atom. The molecule has 9 heteroatoms. The van der Waals surface area contributed by atoms with E-state index >= 15 is 0 Å². The summed E-state index contributed by atoms with van der Waals surface area (Å²) < 4.78 is 33.4. The Labute approximate surface area is 212 Å². The van der Waals surface area contributed by atoms with Crippen molar-refractivity contribution in [3.63, 3.8) is 0 Å². The van der Waals surface area contributed by atoms with E-state index in [1.165, 1.54) is 6.42 Å². The molecule has 0 saturated heterocycles. The third kappa shape index (κ3) is 7.24. The maximum absolute atomic E-state index is 12.6. The molecule has 0 bridgehead atoms. The predicted octanol–water partition coefficient (Wildman–Crippen LogP) is 4.97. The van der Waals surface area contributed by atoms with E-state index in [0.29, 0.717) is 31.0 Å². The summed E-state index contributed by atoms with van der Waals surface area (Å²) in [7, 11) is -3.52. The standard InChI is InChI=1S/C27H34N4O4S/c1-19(2)27-29-25(30-35-27)18-21-8-13-22(14-9-21)28-26(32)17-12-20-10-15-24(16-11-20)36(33,34)31-23-6-4-3-5-7-23/h8-11,13-16,19,23,31H,3-7,12,17-18H2,1-2H3,(H,28,32). The minimum Gasteiger partial charge on any atom is -0.339 e. The molecular formula is C27H34N4O4S. The minimum atomic E-state index is -3.52. The highest BCUT2D eigenvalue weighted by Crippen LogP contribution is 2.21. The summed E-state index contributed by atoms with van der Waals surface area (Å²) in [5, 5.41) is 6.92. The Kier molecular flexibility index (Phi) is 8.53. The molecule has 2 aromatic carbocycles. The second kappa shape index (κ2) is 11.8. The number of nitrogens with zero attached hydrogens (tertiary/aromatic N) is 2. The van der Waals surface area contributed by atoms with Crippen molar-refractivity contribution >= 4 is 21.6 Å². The molecule has 8 nitrogen and oxygen atoms in total. The summed E-state index contributed by atoms with van der Waals surface area (Å²) in [6.07, 6.45) is 6.49. The fourth-order valence-electron chi connectivity index (χ4n) is 4.29. The molecule has 36 heavy (non-hydrogen) atoms. The van der Waals surface area contributed by atoms with Gasteiger partial charge in [-0.3, -0.25) is 4.79 Å². The van der Waals surface area contributed by atoms with Crippen LogP contribution in [-0.4, -0.2) is 30.5 Å². The summed E-state index contributed by atoms with van der Waals surface area (Å²) in [5.41, 5.74) is 2.66. The van der Waals surface area contributed by atoms with Gasteiger partial charge in [0.05, 0.1) is 4.90 Å². The van der Waals surface area contributed by atoms with Crippen LogP contribution in [0.5, 0.6) is 0 Å². The number of amides is 1. The summed E-state index contributed by atoms with van der Waals surface area (Å²) in [6.45, 7) is 4.01. The monoisotopic (exact) mass is 510 g/mol. The number of benzene rings is 2. The Hall–Kier alpha value is -3.04. The Bertz CT molecular complexity index is 1250. The van der Waals surface area contributed by atoms with Crippen molar-refractivity contribution in [3.05, 3.63) is 71.4 Å². The fourth-order valence-corrected chi connectivity index (χ4v) is 5.59. The third-order valence-electron chi connectivity index (χ3n) is 6.38. The molecule has 1 heterocycles. The number of rotatable bonds is 10. The molecule has 0 aliphatic heterocycles. The van der Waals surface area contributed by atoms with Gasteiger partial charge in [-0.15, -0.1) is 0 Å². The van der Waals surface area contributed by atoms with E-state index in [1.807, 2.05) is 38.1 Å². The third-order valence-corrected chi connectivity index (χ3v) is 7.92. The van der Waals surface area contributed by atoms with Crippen molar-refractivity contribution in [2.45, 2.75) is 82.1 Å². The van der Waals surface area contributed by atoms with E-state index in [9.17, 15) is 13.2 Å². The predicted molar refractivity (Wildman–Crippen MR) is 138 cm³/mol. The lowest BCUT2D eigenvalue weighted by Gasteiger charge is -2.22. The Morgan fingerprint density at radius 1 is 1.00 bits per heavy atom. The van der Waals surface area contributed by atoms with Crippen molar-refractivity contribution in [3.8, 4) is 0 Å². The molecule has 1 fully saturated rings. The maximum atomic E-state index is 12.6. The number of carbonyl (C=O) groups excluding carboxylic acids is 1. The molecule has 192 valence electrons. The summed E-state index contributed by atoms with van der Waals surface area (Å²) in [6, 6.07) is 14.4. The van der Waals surface area contributed by atoms with Crippen LogP contribution in [0.25, 0.3) is 0 Å². The Balaban J connectivity index is 1.24. The second-order valence-corrected chi connectivity index (χ2v) is 11.4. The number of sulfonamides is 1. The molecule has 1 amide bonds. The van der Waals surface area contributed by atoms with Gasteiger partial charge in [0, 0.05) is 30.5 Å². The van der Waals surface area contributed by atoms with E-state index in [4.69, 9.17) is 4.52 Å². The molecule has 2 N–H and O–H groups in total. The first-order valence-corrected chi connectivity index (χ1v) is 14.1. The summed E-state index contributed by atoms with van der Waals surface area (Å²) >= 11 is 0. The maximum Gasteiger partial charge on any atom is 0.240 e. The first-order valence-electron chi connectivity index (χ1n) is 12.6. The molecule has 0 radical (unpaired) electrons. The average Bonchev–Trinajstić information content (AvgIpc) is 3.34. The van der Waals surface area contributed by atoms with Crippen LogP contribution in [0.15, 0.2) is 57.9 Å². The average molecular weight is 511 g/mol. The zero-order valence-corrected chi connectivity index (χ0v) is 21.7. The van der Waals surface area contributed by atoms with E-state index in [-0.39, 0.29) is 22.8 Å². The van der Waals surface area contributed by atoms with E-state index in [1.54, 1.807) is 24.3 Å². The van der Waals surface area contributed by atoms with Gasteiger partial charge < -0.3 is 9.84 Å². The van der Waals surface area contributed by atoms with Crippen molar-refractivity contribution in [2.24, 2.45) is 0 Å². The number of aryl methyl sites for hydroxylation is 1. The van der Waals surface area contributed by atoms with Gasteiger partial charge in [0.15, 0.2) is 5.82 Å². The molecule has 4 rings (SSSR count). The number of nitrogens with one attached hydrogen (secondary N) is 2. The lowest BCUT2D eigenvalue weighted by atomic mass is 9.96. The lowest BCUT2D eigenvalue weighted by Crippen LogP contribution is -2.36. The Morgan fingerprint density at radius 2 is 1.67 bits per heavy atom. The van der Waals surface area contributed by atoms with E-state index < -0.39 is 10.0 Å². The van der Waals surface area contributed by atoms with Gasteiger partial charge in [0.1, 0.15) is 0 Å². The van der Waals surface area contributed by atoms with Crippen molar-refractivity contribution in [1.29, 1.82) is 0 Å². The van der Waals surface area contributed by atoms with Crippen LogP contribution < -0.4 is 10.0 Å². The van der Waals surface area contributed by atoms with E-state index in [2.05, 4.69) is 20.2 Å². The lowest BCUT2D eigenvalue weighted by molar-refractivity contribution is -0.116. The van der Waals surface area contributed by atoms with Crippen LogP contribution in [0.3, 0.4) is 0 Å². The molecule has 1 aliphatic carbocycles. The normalized spacial score (nSPS) is 14.8. The first kappa shape index (κ1) is 26.0. The van der Waals surface area contributed by atoms with Gasteiger partial charge in [-0.25, -0.2) is 13.1 Å². The van der Waals surface area contributed by atoms with Crippen molar-refractivity contribution < 1.29 is 17.7 Å². The van der Waals surface area contributed by atoms with E-state index in [0.717, 1.165) is 42.5 Å². The van der Waals surface area contributed by atoms with Gasteiger partial charge in [-0.1, -0.05) is 62.5 Å². The number of hydrogen-bond donors (Lipinski definition) is 2.